The molecule has 1 aromatic rings. The van der Waals surface area contributed by atoms with Gasteiger partial charge in [0.2, 0.25) is 5.91 Å². The SMILES string of the molecule is CC1CCCN(C(N)=NCc2ccc(CN3CCCC3=O)cc2)C1. The highest BCUT2D eigenvalue weighted by molar-refractivity contribution is 5.78. The highest BCUT2D eigenvalue weighted by atomic mass is 16.2. The van der Waals surface area contributed by atoms with Crippen LogP contribution in [0.4, 0.5) is 0 Å². The third kappa shape index (κ3) is 4.28. The summed E-state index contributed by atoms with van der Waals surface area (Å²) in [5.41, 5.74) is 8.47. The Bertz CT molecular complexity index is 596. The molecule has 2 aliphatic rings. The maximum atomic E-state index is 11.7. The van der Waals surface area contributed by atoms with Crippen molar-refractivity contribution in [1.82, 2.24) is 9.80 Å². The van der Waals surface area contributed by atoms with Crippen LogP contribution in [0.5, 0.6) is 0 Å². The summed E-state index contributed by atoms with van der Waals surface area (Å²) in [7, 11) is 0. The molecule has 1 unspecified atom stereocenters. The first kappa shape index (κ1) is 16.8. The molecule has 2 aliphatic heterocycles. The Morgan fingerprint density at radius 1 is 1.21 bits per heavy atom. The number of carbonyl (C=O) groups excluding carboxylic acids is 1. The maximum absolute atomic E-state index is 11.7. The molecule has 3 rings (SSSR count). The van der Waals surface area contributed by atoms with Gasteiger partial charge in [-0.1, -0.05) is 31.2 Å². The number of aliphatic imine (C=N–C) groups is 1. The fourth-order valence-corrected chi connectivity index (χ4v) is 3.51. The summed E-state index contributed by atoms with van der Waals surface area (Å²) in [6.07, 6.45) is 4.16. The largest absolute Gasteiger partial charge is 0.370 e. The molecule has 5 nitrogen and oxygen atoms in total. The van der Waals surface area contributed by atoms with Crippen LogP contribution in [-0.4, -0.2) is 41.3 Å². The third-order valence-corrected chi connectivity index (χ3v) is 4.97. The highest BCUT2D eigenvalue weighted by Crippen LogP contribution is 2.16. The normalized spacial score (nSPS) is 22.3. The number of nitrogens with zero attached hydrogens (tertiary/aromatic N) is 3. The molecule has 5 heteroatoms. The number of likely N-dealkylation sites (tertiary alicyclic amines) is 2. The minimum Gasteiger partial charge on any atom is -0.370 e. The van der Waals surface area contributed by atoms with Crippen molar-refractivity contribution in [3.05, 3.63) is 35.4 Å². The van der Waals surface area contributed by atoms with Crippen molar-refractivity contribution >= 4 is 11.9 Å². The number of hydrogen-bond donors (Lipinski definition) is 1. The molecule has 0 spiro atoms. The van der Waals surface area contributed by atoms with Gasteiger partial charge in [0.1, 0.15) is 0 Å². The Morgan fingerprint density at radius 3 is 2.62 bits per heavy atom. The Labute approximate surface area is 144 Å². The van der Waals surface area contributed by atoms with E-state index in [4.69, 9.17) is 5.73 Å². The van der Waals surface area contributed by atoms with Gasteiger partial charge in [-0.2, -0.15) is 0 Å². The first-order chi connectivity index (χ1) is 11.6. The molecule has 2 heterocycles. The molecule has 2 N–H and O–H groups in total. The van der Waals surface area contributed by atoms with Crippen LogP contribution in [0.2, 0.25) is 0 Å². The second kappa shape index (κ2) is 7.69. The van der Waals surface area contributed by atoms with Crippen LogP contribution in [0, 0.1) is 5.92 Å². The molecule has 2 fully saturated rings. The molecule has 0 bridgehead atoms. The van der Waals surface area contributed by atoms with Crippen LogP contribution in [-0.2, 0) is 17.9 Å². The van der Waals surface area contributed by atoms with Crippen molar-refractivity contribution in [3.63, 3.8) is 0 Å². The lowest BCUT2D eigenvalue weighted by Gasteiger charge is -2.31. The van der Waals surface area contributed by atoms with E-state index in [0.29, 0.717) is 24.8 Å². The molecule has 24 heavy (non-hydrogen) atoms. The molecule has 0 radical (unpaired) electrons. The van der Waals surface area contributed by atoms with Crippen molar-refractivity contribution in [2.45, 2.75) is 45.7 Å². The number of amides is 1. The zero-order valence-electron chi connectivity index (χ0n) is 14.6. The first-order valence-corrected chi connectivity index (χ1v) is 9.02. The summed E-state index contributed by atoms with van der Waals surface area (Å²) in [6.45, 7) is 6.51. The summed E-state index contributed by atoms with van der Waals surface area (Å²) >= 11 is 0. The average molecular weight is 328 g/mol. The molecule has 1 aromatic carbocycles. The summed E-state index contributed by atoms with van der Waals surface area (Å²) in [4.78, 5) is 20.4. The molecule has 1 amide bonds. The first-order valence-electron chi connectivity index (χ1n) is 9.02. The van der Waals surface area contributed by atoms with E-state index in [-0.39, 0.29) is 5.91 Å². The Kier molecular flexibility index (Phi) is 5.38. The standard InChI is InChI=1S/C19H28N4O/c1-15-4-2-11-23(13-15)19(20)21-12-16-6-8-17(9-7-16)14-22-10-3-5-18(22)24/h6-9,15H,2-5,10-14H2,1H3,(H2,20,21). The topological polar surface area (TPSA) is 61.9 Å². The minimum absolute atomic E-state index is 0.271. The van der Waals surface area contributed by atoms with Crippen molar-refractivity contribution in [2.24, 2.45) is 16.6 Å². The smallest absolute Gasteiger partial charge is 0.222 e. The van der Waals surface area contributed by atoms with Gasteiger partial charge in [-0.15, -0.1) is 0 Å². The Hall–Kier alpha value is -2.04. The molecule has 130 valence electrons. The number of nitrogens with two attached hydrogens (primary N) is 1. The van der Waals surface area contributed by atoms with Gasteiger partial charge in [0, 0.05) is 32.6 Å². The van der Waals surface area contributed by atoms with E-state index in [1.165, 1.54) is 18.4 Å². The van der Waals surface area contributed by atoms with Crippen LogP contribution >= 0.6 is 0 Å². The van der Waals surface area contributed by atoms with E-state index in [1.54, 1.807) is 0 Å². The van der Waals surface area contributed by atoms with Crippen molar-refractivity contribution < 1.29 is 4.79 Å². The predicted octanol–water partition coefficient (Wildman–Crippen LogP) is 2.36. The molecule has 0 saturated carbocycles. The van der Waals surface area contributed by atoms with Gasteiger partial charge in [-0.3, -0.25) is 4.79 Å². The minimum atomic E-state index is 0.271. The maximum Gasteiger partial charge on any atom is 0.222 e. The van der Waals surface area contributed by atoms with Gasteiger partial charge in [-0.25, -0.2) is 4.99 Å². The lowest BCUT2D eigenvalue weighted by molar-refractivity contribution is -0.128. The molecule has 0 aliphatic carbocycles. The molecular weight excluding hydrogens is 300 g/mol. The van der Waals surface area contributed by atoms with E-state index >= 15 is 0 Å². The van der Waals surface area contributed by atoms with Crippen molar-refractivity contribution in [3.8, 4) is 0 Å². The second-order valence-corrected chi connectivity index (χ2v) is 7.10. The zero-order valence-corrected chi connectivity index (χ0v) is 14.6. The number of guanidine groups is 1. The average Bonchev–Trinajstić information content (AvgIpc) is 2.99. The van der Waals surface area contributed by atoms with Crippen LogP contribution in [0.1, 0.15) is 43.7 Å². The Balaban J connectivity index is 1.53. The number of piperidine rings is 1. The lowest BCUT2D eigenvalue weighted by Crippen LogP contribution is -2.43. The predicted molar refractivity (Wildman–Crippen MR) is 96.4 cm³/mol. The molecule has 2 saturated heterocycles. The summed E-state index contributed by atoms with van der Waals surface area (Å²) in [5, 5.41) is 0. The van der Waals surface area contributed by atoms with E-state index in [9.17, 15) is 4.79 Å². The van der Waals surface area contributed by atoms with Crippen LogP contribution < -0.4 is 5.73 Å². The van der Waals surface area contributed by atoms with Crippen LogP contribution in [0.3, 0.4) is 0 Å². The third-order valence-electron chi connectivity index (χ3n) is 4.97. The van der Waals surface area contributed by atoms with Gasteiger partial charge >= 0.3 is 0 Å². The molecule has 0 aromatic heterocycles. The molecule has 1 atom stereocenters. The molecular formula is C19H28N4O. The number of rotatable bonds is 4. The number of hydrogen-bond acceptors (Lipinski definition) is 2. The fraction of sp³-hybridized carbons (Fsp3) is 0.579. The van der Waals surface area contributed by atoms with Gasteiger partial charge < -0.3 is 15.5 Å². The monoisotopic (exact) mass is 328 g/mol. The van der Waals surface area contributed by atoms with Crippen LogP contribution in [0.15, 0.2) is 29.3 Å². The summed E-state index contributed by atoms with van der Waals surface area (Å²) < 4.78 is 0. The second-order valence-electron chi connectivity index (χ2n) is 7.10. The number of benzene rings is 1. The van der Waals surface area contributed by atoms with Crippen molar-refractivity contribution in [2.75, 3.05) is 19.6 Å². The van der Waals surface area contributed by atoms with E-state index in [1.807, 2.05) is 4.90 Å². The van der Waals surface area contributed by atoms with E-state index in [0.717, 1.165) is 38.2 Å². The van der Waals surface area contributed by atoms with Gasteiger partial charge in [0.15, 0.2) is 5.96 Å². The van der Waals surface area contributed by atoms with Gasteiger partial charge in [0.05, 0.1) is 6.54 Å². The zero-order chi connectivity index (χ0) is 16.9. The van der Waals surface area contributed by atoms with Crippen molar-refractivity contribution in [1.29, 1.82) is 0 Å². The highest BCUT2D eigenvalue weighted by Gasteiger charge is 2.20. The van der Waals surface area contributed by atoms with Gasteiger partial charge in [0.25, 0.3) is 0 Å². The van der Waals surface area contributed by atoms with Crippen LogP contribution in [0.25, 0.3) is 0 Å². The lowest BCUT2D eigenvalue weighted by atomic mass is 10.0. The number of carbonyl (C=O) groups is 1. The quantitative estimate of drug-likeness (QED) is 0.682. The van der Waals surface area contributed by atoms with E-state index < -0.39 is 0 Å². The fourth-order valence-electron chi connectivity index (χ4n) is 3.51. The summed E-state index contributed by atoms with van der Waals surface area (Å²) in [5.74, 6) is 1.63. The summed E-state index contributed by atoms with van der Waals surface area (Å²) in [6, 6.07) is 8.36. The van der Waals surface area contributed by atoms with E-state index in [2.05, 4.69) is 41.1 Å². The van der Waals surface area contributed by atoms with Gasteiger partial charge in [-0.05, 0) is 36.3 Å². The Morgan fingerprint density at radius 2 is 1.96 bits per heavy atom.